The summed E-state index contributed by atoms with van der Waals surface area (Å²) in [5, 5.41) is 3.34. The number of carbonyl (C=O) groups excluding carboxylic acids is 1. The fourth-order valence-electron chi connectivity index (χ4n) is 0.869. The predicted molar refractivity (Wildman–Crippen MR) is 54.9 cm³/mol. The Morgan fingerprint density at radius 2 is 2.00 bits per heavy atom. The van der Waals surface area contributed by atoms with Gasteiger partial charge in [0.25, 0.3) is 0 Å². The van der Waals surface area contributed by atoms with Crippen LogP contribution in [0.1, 0.15) is 6.92 Å². The van der Waals surface area contributed by atoms with Crippen LogP contribution in [0, 0.1) is 0 Å². The number of hydrogen-bond donors (Lipinski definition) is 1. The zero-order valence-corrected chi connectivity index (χ0v) is 8.01. The Bertz CT molecular complexity index is 316. The minimum atomic E-state index is -0.134. The largest absolute Gasteiger partial charge is 0.323 e. The third-order valence-electron chi connectivity index (χ3n) is 1.43. The van der Waals surface area contributed by atoms with Crippen molar-refractivity contribution in [3.05, 3.63) is 41.4 Å². The first-order chi connectivity index (χ1) is 6.22. The monoisotopic (exact) mass is 195 g/mol. The molecule has 0 spiro atoms. The van der Waals surface area contributed by atoms with Gasteiger partial charge in [0, 0.05) is 10.7 Å². The van der Waals surface area contributed by atoms with Crippen molar-refractivity contribution >= 4 is 23.2 Å². The standard InChI is InChI=1S/C10H10ClNO/c1-2-3-10(13)12-9-6-4-8(11)5-7-9/h2-7H,1H3,(H,12,13)/b3-2+. The van der Waals surface area contributed by atoms with Crippen molar-refractivity contribution in [1.82, 2.24) is 0 Å². The normalized spacial score (nSPS) is 10.3. The number of benzene rings is 1. The fraction of sp³-hybridized carbons (Fsp3) is 0.100. The molecule has 2 nitrogen and oxygen atoms in total. The number of carbonyl (C=O) groups is 1. The van der Waals surface area contributed by atoms with Crippen molar-refractivity contribution in [2.75, 3.05) is 5.32 Å². The summed E-state index contributed by atoms with van der Waals surface area (Å²) >= 11 is 5.68. The van der Waals surface area contributed by atoms with Gasteiger partial charge in [-0.25, -0.2) is 0 Å². The third-order valence-corrected chi connectivity index (χ3v) is 1.68. The Hall–Kier alpha value is -1.28. The van der Waals surface area contributed by atoms with Gasteiger partial charge in [0.15, 0.2) is 0 Å². The van der Waals surface area contributed by atoms with Crippen LogP contribution >= 0.6 is 11.6 Å². The van der Waals surface area contributed by atoms with Crippen LogP contribution < -0.4 is 5.32 Å². The molecular weight excluding hydrogens is 186 g/mol. The summed E-state index contributed by atoms with van der Waals surface area (Å²) in [5.41, 5.74) is 0.743. The van der Waals surface area contributed by atoms with E-state index in [2.05, 4.69) is 5.32 Å². The number of allylic oxidation sites excluding steroid dienone is 1. The van der Waals surface area contributed by atoms with E-state index in [9.17, 15) is 4.79 Å². The first-order valence-corrected chi connectivity index (χ1v) is 4.29. The lowest BCUT2D eigenvalue weighted by Gasteiger charge is -2.00. The van der Waals surface area contributed by atoms with Crippen molar-refractivity contribution < 1.29 is 4.79 Å². The summed E-state index contributed by atoms with van der Waals surface area (Å²) in [6.45, 7) is 1.79. The van der Waals surface area contributed by atoms with Crippen LogP contribution in [0.5, 0.6) is 0 Å². The highest BCUT2D eigenvalue weighted by Gasteiger charge is 1.95. The highest BCUT2D eigenvalue weighted by Crippen LogP contribution is 2.13. The first-order valence-electron chi connectivity index (χ1n) is 3.91. The molecule has 0 atom stereocenters. The molecule has 0 heterocycles. The number of amides is 1. The second-order valence-electron chi connectivity index (χ2n) is 2.50. The second kappa shape index (κ2) is 4.67. The summed E-state index contributed by atoms with van der Waals surface area (Å²) in [6, 6.07) is 6.97. The van der Waals surface area contributed by atoms with Gasteiger partial charge < -0.3 is 5.32 Å². The molecule has 0 aromatic heterocycles. The Morgan fingerprint density at radius 3 is 2.54 bits per heavy atom. The molecule has 1 amide bonds. The quantitative estimate of drug-likeness (QED) is 0.723. The van der Waals surface area contributed by atoms with Crippen molar-refractivity contribution in [2.45, 2.75) is 6.92 Å². The van der Waals surface area contributed by atoms with E-state index in [4.69, 9.17) is 11.6 Å². The number of nitrogens with one attached hydrogen (secondary N) is 1. The lowest BCUT2D eigenvalue weighted by Crippen LogP contribution is -2.07. The maximum absolute atomic E-state index is 11.1. The molecule has 1 N–H and O–H groups in total. The summed E-state index contributed by atoms with van der Waals surface area (Å²) in [7, 11) is 0. The van der Waals surface area contributed by atoms with E-state index >= 15 is 0 Å². The highest BCUT2D eigenvalue weighted by molar-refractivity contribution is 6.30. The highest BCUT2D eigenvalue weighted by atomic mass is 35.5. The average Bonchev–Trinajstić information content (AvgIpc) is 2.09. The molecule has 13 heavy (non-hydrogen) atoms. The van der Waals surface area contributed by atoms with E-state index in [1.807, 2.05) is 0 Å². The number of halogens is 1. The van der Waals surface area contributed by atoms with Crippen molar-refractivity contribution in [3.8, 4) is 0 Å². The van der Waals surface area contributed by atoms with E-state index in [-0.39, 0.29) is 5.91 Å². The lowest BCUT2D eigenvalue weighted by molar-refractivity contribution is -0.111. The van der Waals surface area contributed by atoms with Gasteiger partial charge in [-0.05, 0) is 37.3 Å². The maximum Gasteiger partial charge on any atom is 0.248 e. The van der Waals surface area contributed by atoms with Gasteiger partial charge in [0.2, 0.25) is 5.91 Å². The number of anilines is 1. The molecule has 68 valence electrons. The summed E-state index contributed by atoms with van der Waals surface area (Å²) in [4.78, 5) is 11.1. The van der Waals surface area contributed by atoms with E-state index in [0.717, 1.165) is 5.69 Å². The van der Waals surface area contributed by atoms with Gasteiger partial charge in [-0.2, -0.15) is 0 Å². The molecular formula is C10H10ClNO. The Morgan fingerprint density at radius 1 is 1.38 bits per heavy atom. The first kappa shape index (κ1) is 9.81. The van der Waals surface area contributed by atoms with Gasteiger partial charge >= 0.3 is 0 Å². The van der Waals surface area contributed by atoms with Gasteiger partial charge in [0.1, 0.15) is 0 Å². The molecule has 3 heteroatoms. The summed E-state index contributed by atoms with van der Waals surface area (Å²) in [5.74, 6) is -0.134. The molecule has 1 aromatic carbocycles. The minimum absolute atomic E-state index is 0.134. The van der Waals surface area contributed by atoms with Crippen molar-refractivity contribution in [3.63, 3.8) is 0 Å². The van der Waals surface area contributed by atoms with Gasteiger partial charge in [-0.1, -0.05) is 17.7 Å². The Balaban J connectivity index is 2.64. The Labute approximate surface area is 82.2 Å². The van der Waals surface area contributed by atoms with Crippen LogP contribution in [0.15, 0.2) is 36.4 Å². The van der Waals surface area contributed by atoms with Crippen LogP contribution in [0.25, 0.3) is 0 Å². The van der Waals surface area contributed by atoms with Gasteiger partial charge in [-0.15, -0.1) is 0 Å². The molecule has 0 unspecified atom stereocenters. The van der Waals surface area contributed by atoms with E-state index < -0.39 is 0 Å². The van der Waals surface area contributed by atoms with Crippen LogP contribution in [-0.2, 0) is 4.79 Å². The predicted octanol–water partition coefficient (Wildman–Crippen LogP) is 2.85. The maximum atomic E-state index is 11.1. The Kier molecular flexibility index (Phi) is 3.53. The topological polar surface area (TPSA) is 29.1 Å². The molecule has 0 aliphatic heterocycles. The molecule has 0 radical (unpaired) electrons. The lowest BCUT2D eigenvalue weighted by atomic mass is 10.3. The zero-order chi connectivity index (χ0) is 9.68. The second-order valence-corrected chi connectivity index (χ2v) is 2.93. The smallest absolute Gasteiger partial charge is 0.248 e. The molecule has 0 aliphatic rings. The molecule has 1 rings (SSSR count). The number of rotatable bonds is 2. The summed E-state index contributed by atoms with van der Waals surface area (Å²) < 4.78 is 0. The van der Waals surface area contributed by atoms with Crippen molar-refractivity contribution in [1.29, 1.82) is 0 Å². The minimum Gasteiger partial charge on any atom is -0.323 e. The van der Waals surface area contributed by atoms with Gasteiger partial charge in [0.05, 0.1) is 0 Å². The number of hydrogen-bond acceptors (Lipinski definition) is 1. The molecule has 0 saturated heterocycles. The van der Waals surface area contributed by atoms with E-state index in [0.29, 0.717) is 5.02 Å². The van der Waals surface area contributed by atoms with Crippen LogP contribution in [0.3, 0.4) is 0 Å². The molecule has 0 fully saturated rings. The van der Waals surface area contributed by atoms with Crippen LogP contribution in [0.2, 0.25) is 5.02 Å². The van der Waals surface area contributed by atoms with Crippen LogP contribution in [-0.4, -0.2) is 5.91 Å². The SMILES string of the molecule is C/C=C/C(=O)Nc1ccc(Cl)cc1. The fourth-order valence-corrected chi connectivity index (χ4v) is 0.995. The average molecular weight is 196 g/mol. The molecule has 1 aromatic rings. The van der Waals surface area contributed by atoms with Crippen molar-refractivity contribution in [2.24, 2.45) is 0 Å². The zero-order valence-electron chi connectivity index (χ0n) is 7.25. The van der Waals surface area contributed by atoms with E-state index in [1.165, 1.54) is 6.08 Å². The molecule has 0 bridgehead atoms. The third kappa shape index (κ3) is 3.30. The molecule has 0 saturated carbocycles. The summed E-state index contributed by atoms with van der Waals surface area (Å²) in [6.07, 6.45) is 3.15. The van der Waals surface area contributed by atoms with Gasteiger partial charge in [-0.3, -0.25) is 4.79 Å². The molecule has 0 aliphatic carbocycles. The van der Waals surface area contributed by atoms with Crippen LogP contribution in [0.4, 0.5) is 5.69 Å². The van der Waals surface area contributed by atoms with E-state index in [1.54, 1.807) is 37.3 Å².